The molecular weight excluding hydrogens is 407 g/mol. The molecule has 1 fully saturated rings. The molecule has 32 heavy (non-hydrogen) atoms. The first-order chi connectivity index (χ1) is 15.6. The second kappa shape index (κ2) is 9.43. The van der Waals surface area contributed by atoms with Gasteiger partial charge in [-0.15, -0.1) is 0 Å². The normalized spacial score (nSPS) is 15.7. The summed E-state index contributed by atoms with van der Waals surface area (Å²) in [6.07, 6.45) is 1.78. The van der Waals surface area contributed by atoms with E-state index < -0.39 is 5.82 Å². The predicted molar refractivity (Wildman–Crippen MR) is 121 cm³/mol. The van der Waals surface area contributed by atoms with Gasteiger partial charge in [0, 0.05) is 43.4 Å². The Bertz CT molecular complexity index is 1160. The van der Waals surface area contributed by atoms with E-state index in [0.717, 1.165) is 19.4 Å². The highest BCUT2D eigenvalue weighted by atomic mass is 19.1. The first kappa shape index (κ1) is 21.2. The number of nitriles is 1. The first-order valence-corrected chi connectivity index (χ1v) is 10.4. The lowest BCUT2D eigenvalue weighted by Gasteiger charge is -2.34. The summed E-state index contributed by atoms with van der Waals surface area (Å²) in [7, 11) is 1.72. The van der Waals surface area contributed by atoms with Crippen molar-refractivity contribution in [1.82, 2.24) is 15.3 Å². The molecule has 3 aromatic rings. The molecular formula is C24H23FN6O. The van der Waals surface area contributed by atoms with Crippen molar-refractivity contribution in [3.05, 3.63) is 71.5 Å². The van der Waals surface area contributed by atoms with Crippen LogP contribution in [0.1, 0.15) is 28.8 Å². The van der Waals surface area contributed by atoms with Gasteiger partial charge in [-0.3, -0.25) is 4.79 Å². The standard InChI is InChI=1S/C24H23FN6O/c1-27-24-29-21(17-9-10-18(14-26)20(25)12-17)13-22(30-24)31-11-5-8-19(15-31)28-23(32)16-6-3-2-4-7-16/h2-4,6-7,9-10,12-13,19H,5,8,11,15H2,1H3,(H,28,32)(H,27,29,30)/t19-/m1/s1. The van der Waals surface area contributed by atoms with Crippen LogP contribution in [-0.4, -0.2) is 42.1 Å². The molecule has 2 heterocycles. The van der Waals surface area contributed by atoms with Gasteiger partial charge in [0.25, 0.3) is 5.91 Å². The van der Waals surface area contributed by atoms with Gasteiger partial charge in [0.1, 0.15) is 17.7 Å². The zero-order valence-corrected chi connectivity index (χ0v) is 17.7. The Hall–Kier alpha value is -3.99. The van der Waals surface area contributed by atoms with Gasteiger partial charge in [0.05, 0.1) is 11.3 Å². The third kappa shape index (κ3) is 4.67. The number of amides is 1. The molecule has 4 rings (SSSR count). The molecule has 2 N–H and O–H groups in total. The van der Waals surface area contributed by atoms with Crippen LogP contribution in [0.3, 0.4) is 0 Å². The SMILES string of the molecule is CNc1nc(-c2ccc(C#N)c(F)c2)cc(N2CCC[C@@H](NC(=O)c3ccccc3)C2)n1. The molecule has 2 aromatic carbocycles. The molecule has 1 aromatic heterocycles. The van der Waals surface area contributed by atoms with Crippen molar-refractivity contribution >= 4 is 17.7 Å². The Balaban J connectivity index is 1.56. The topological polar surface area (TPSA) is 93.9 Å². The minimum atomic E-state index is -0.585. The van der Waals surface area contributed by atoms with E-state index in [-0.39, 0.29) is 17.5 Å². The Kier molecular flexibility index (Phi) is 6.26. The van der Waals surface area contributed by atoms with Crippen molar-refractivity contribution in [2.24, 2.45) is 0 Å². The number of aromatic nitrogens is 2. The van der Waals surface area contributed by atoms with Crippen LogP contribution in [-0.2, 0) is 0 Å². The average molecular weight is 430 g/mol. The summed E-state index contributed by atoms with van der Waals surface area (Å²) in [5.74, 6) is 0.433. The number of benzene rings is 2. The monoisotopic (exact) mass is 430 g/mol. The summed E-state index contributed by atoms with van der Waals surface area (Å²) in [5.41, 5.74) is 1.74. The third-order valence-corrected chi connectivity index (χ3v) is 5.44. The molecule has 0 bridgehead atoms. The van der Waals surface area contributed by atoms with E-state index in [0.29, 0.717) is 35.1 Å². The van der Waals surface area contributed by atoms with Gasteiger partial charge in [-0.1, -0.05) is 24.3 Å². The van der Waals surface area contributed by atoms with Crippen LogP contribution < -0.4 is 15.5 Å². The number of nitrogens with zero attached hydrogens (tertiary/aromatic N) is 4. The number of piperidine rings is 1. The summed E-state index contributed by atoms with van der Waals surface area (Å²) >= 11 is 0. The van der Waals surface area contributed by atoms with Gasteiger partial charge in [0.2, 0.25) is 5.95 Å². The Labute approximate surface area is 185 Å². The Morgan fingerprint density at radius 1 is 1.19 bits per heavy atom. The molecule has 0 radical (unpaired) electrons. The highest BCUT2D eigenvalue weighted by Crippen LogP contribution is 2.27. The summed E-state index contributed by atoms with van der Waals surface area (Å²) in [4.78, 5) is 23.7. The number of hydrogen-bond acceptors (Lipinski definition) is 6. The van der Waals surface area contributed by atoms with E-state index in [1.165, 1.54) is 12.1 Å². The summed E-state index contributed by atoms with van der Waals surface area (Å²) in [6.45, 7) is 1.40. The van der Waals surface area contributed by atoms with Crippen molar-refractivity contribution in [2.75, 3.05) is 30.4 Å². The predicted octanol–water partition coefficient (Wildman–Crippen LogP) is 3.59. The van der Waals surface area contributed by atoms with Crippen LogP contribution >= 0.6 is 0 Å². The smallest absolute Gasteiger partial charge is 0.251 e. The Morgan fingerprint density at radius 2 is 2.00 bits per heavy atom. The number of rotatable bonds is 5. The fraction of sp³-hybridized carbons (Fsp3) is 0.250. The molecule has 0 spiro atoms. The minimum absolute atomic E-state index is 0.00935. The fourth-order valence-electron chi connectivity index (χ4n) is 3.78. The average Bonchev–Trinajstić information content (AvgIpc) is 2.84. The van der Waals surface area contributed by atoms with Crippen LogP contribution in [0.2, 0.25) is 0 Å². The van der Waals surface area contributed by atoms with Crippen molar-refractivity contribution in [3.8, 4) is 17.3 Å². The molecule has 1 amide bonds. The number of hydrogen-bond donors (Lipinski definition) is 2. The molecule has 0 aliphatic carbocycles. The van der Waals surface area contributed by atoms with E-state index in [9.17, 15) is 9.18 Å². The van der Waals surface area contributed by atoms with Crippen molar-refractivity contribution in [1.29, 1.82) is 5.26 Å². The maximum atomic E-state index is 14.2. The highest BCUT2D eigenvalue weighted by molar-refractivity contribution is 5.94. The molecule has 8 heteroatoms. The number of nitrogens with one attached hydrogen (secondary N) is 2. The van der Waals surface area contributed by atoms with Gasteiger partial charge in [-0.25, -0.2) is 9.37 Å². The quantitative estimate of drug-likeness (QED) is 0.642. The van der Waals surface area contributed by atoms with E-state index in [2.05, 4.69) is 25.5 Å². The van der Waals surface area contributed by atoms with Crippen LogP contribution in [0, 0.1) is 17.1 Å². The Morgan fingerprint density at radius 3 is 2.72 bits per heavy atom. The zero-order valence-electron chi connectivity index (χ0n) is 17.7. The fourth-order valence-corrected chi connectivity index (χ4v) is 3.78. The summed E-state index contributed by atoms with van der Waals surface area (Å²) in [6, 6.07) is 17.2. The van der Waals surface area contributed by atoms with E-state index in [4.69, 9.17) is 5.26 Å². The number of halogens is 1. The molecule has 1 aliphatic heterocycles. The van der Waals surface area contributed by atoms with Gasteiger partial charge in [0.15, 0.2) is 0 Å². The molecule has 7 nitrogen and oxygen atoms in total. The van der Waals surface area contributed by atoms with Crippen LogP contribution in [0.25, 0.3) is 11.3 Å². The van der Waals surface area contributed by atoms with Crippen LogP contribution in [0.15, 0.2) is 54.6 Å². The molecule has 0 unspecified atom stereocenters. The molecule has 162 valence electrons. The van der Waals surface area contributed by atoms with E-state index in [1.807, 2.05) is 30.3 Å². The maximum absolute atomic E-state index is 14.2. The molecule has 1 aliphatic rings. The number of anilines is 2. The minimum Gasteiger partial charge on any atom is -0.357 e. The van der Waals surface area contributed by atoms with E-state index in [1.54, 1.807) is 25.2 Å². The van der Waals surface area contributed by atoms with Gasteiger partial charge in [-0.2, -0.15) is 10.2 Å². The summed E-state index contributed by atoms with van der Waals surface area (Å²) < 4.78 is 14.2. The third-order valence-electron chi connectivity index (χ3n) is 5.44. The van der Waals surface area contributed by atoms with Gasteiger partial charge in [-0.05, 0) is 37.1 Å². The largest absolute Gasteiger partial charge is 0.357 e. The van der Waals surface area contributed by atoms with Crippen molar-refractivity contribution in [3.63, 3.8) is 0 Å². The lowest BCUT2D eigenvalue weighted by Crippen LogP contribution is -2.48. The van der Waals surface area contributed by atoms with Crippen molar-refractivity contribution in [2.45, 2.75) is 18.9 Å². The summed E-state index contributed by atoms with van der Waals surface area (Å²) in [5, 5.41) is 15.0. The van der Waals surface area contributed by atoms with Crippen molar-refractivity contribution < 1.29 is 9.18 Å². The number of carbonyl (C=O) groups excluding carboxylic acids is 1. The lowest BCUT2D eigenvalue weighted by molar-refractivity contribution is 0.0933. The van der Waals surface area contributed by atoms with E-state index >= 15 is 0 Å². The van der Waals surface area contributed by atoms with Crippen LogP contribution in [0.5, 0.6) is 0 Å². The van der Waals surface area contributed by atoms with Gasteiger partial charge < -0.3 is 15.5 Å². The second-order valence-electron chi connectivity index (χ2n) is 7.62. The second-order valence-corrected chi connectivity index (χ2v) is 7.62. The highest BCUT2D eigenvalue weighted by Gasteiger charge is 2.24. The molecule has 1 saturated heterocycles. The number of carbonyl (C=O) groups is 1. The van der Waals surface area contributed by atoms with Crippen LogP contribution in [0.4, 0.5) is 16.2 Å². The zero-order chi connectivity index (χ0) is 22.5. The maximum Gasteiger partial charge on any atom is 0.251 e. The molecule has 1 atom stereocenters. The molecule has 0 saturated carbocycles. The first-order valence-electron chi connectivity index (χ1n) is 10.4. The van der Waals surface area contributed by atoms with Gasteiger partial charge >= 0.3 is 0 Å². The lowest BCUT2D eigenvalue weighted by atomic mass is 10.0.